The maximum Gasteiger partial charge on any atom is 0.163 e. The predicted molar refractivity (Wildman–Crippen MR) is 81.0 cm³/mol. The fourth-order valence-electron chi connectivity index (χ4n) is 2.09. The number of hydrogen-bond acceptors (Lipinski definition) is 4. The van der Waals surface area contributed by atoms with Crippen molar-refractivity contribution in [3.8, 4) is 11.5 Å². The second-order valence-electron chi connectivity index (χ2n) is 4.70. The van der Waals surface area contributed by atoms with Gasteiger partial charge in [0.1, 0.15) is 0 Å². The number of benzene rings is 2. The van der Waals surface area contributed by atoms with Crippen LogP contribution < -0.4 is 15.6 Å². The molecule has 0 bridgehead atoms. The van der Waals surface area contributed by atoms with Gasteiger partial charge in [-0.05, 0) is 37.1 Å². The minimum absolute atomic E-state index is 0.193. The van der Waals surface area contributed by atoms with E-state index in [-0.39, 0.29) is 5.75 Å². The third-order valence-electron chi connectivity index (χ3n) is 3.33. The smallest absolute Gasteiger partial charge is 0.163 e. The summed E-state index contributed by atoms with van der Waals surface area (Å²) in [5.74, 6) is 0.736. The van der Waals surface area contributed by atoms with E-state index in [2.05, 4.69) is 10.9 Å². The molecule has 0 atom stereocenters. The molecule has 0 saturated carbocycles. The largest absolute Gasteiger partial charge is 0.504 e. The molecule has 0 radical (unpaired) electrons. The number of aromatic hydroxyl groups is 1. The van der Waals surface area contributed by atoms with Crippen LogP contribution in [0.15, 0.2) is 36.4 Å². The standard InChI is InChI=1S/C16H20N2O2/c1-11-9-13(15(19)16(20-3)12(11)2)10-17-18-14-7-5-4-6-8-14/h4-9,17-19H,10H2,1-3H3. The second kappa shape index (κ2) is 6.30. The number of aryl methyl sites for hydroxylation is 1. The quantitative estimate of drug-likeness (QED) is 0.732. The normalized spacial score (nSPS) is 10.3. The van der Waals surface area contributed by atoms with E-state index in [1.165, 1.54) is 0 Å². The number of phenolic OH excluding ortho intramolecular Hbond substituents is 1. The van der Waals surface area contributed by atoms with Crippen LogP contribution in [0.2, 0.25) is 0 Å². The lowest BCUT2D eigenvalue weighted by Gasteiger charge is -2.15. The van der Waals surface area contributed by atoms with Crippen LogP contribution in [-0.4, -0.2) is 12.2 Å². The third-order valence-corrected chi connectivity index (χ3v) is 3.33. The number of nitrogens with one attached hydrogen (secondary N) is 2. The highest BCUT2D eigenvalue weighted by Crippen LogP contribution is 2.35. The van der Waals surface area contributed by atoms with Gasteiger partial charge in [0.15, 0.2) is 11.5 Å². The molecule has 2 aromatic rings. The van der Waals surface area contributed by atoms with E-state index in [0.29, 0.717) is 12.3 Å². The molecule has 2 rings (SSSR count). The number of para-hydroxylation sites is 1. The van der Waals surface area contributed by atoms with Crippen molar-refractivity contribution < 1.29 is 9.84 Å². The van der Waals surface area contributed by atoms with Crippen LogP contribution >= 0.6 is 0 Å². The van der Waals surface area contributed by atoms with Crippen LogP contribution in [0.4, 0.5) is 5.69 Å². The Morgan fingerprint density at radius 2 is 1.85 bits per heavy atom. The number of rotatable bonds is 5. The molecular weight excluding hydrogens is 252 g/mol. The summed E-state index contributed by atoms with van der Waals surface area (Å²) < 4.78 is 5.26. The van der Waals surface area contributed by atoms with Gasteiger partial charge in [-0.25, -0.2) is 5.43 Å². The molecule has 106 valence electrons. The van der Waals surface area contributed by atoms with Crippen molar-refractivity contribution in [3.63, 3.8) is 0 Å². The Balaban J connectivity index is 2.08. The Morgan fingerprint density at radius 1 is 1.15 bits per heavy atom. The van der Waals surface area contributed by atoms with Gasteiger partial charge in [-0.15, -0.1) is 0 Å². The van der Waals surface area contributed by atoms with Gasteiger partial charge in [0.05, 0.1) is 7.11 Å². The van der Waals surface area contributed by atoms with Gasteiger partial charge in [-0.2, -0.15) is 0 Å². The van der Waals surface area contributed by atoms with Gasteiger partial charge in [-0.1, -0.05) is 24.3 Å². The van der Waals surface area contributed by atoms with E-state index >= 15 is 0 Å². The lowest BCUT2D eigenvalue weighted by Crippen LogP contribution is -2.21. The van der Waals surface area contributed by atoms with E-state index in [0.717, 1.165) is 22.4 Å². The lowest BCUT2D eigenvalue weighted by atomic mass is 10.0. The van der Waals surface area contributed by atoms with E-state index in [1.54, 1.807) is 7.11 Å². The van der Waals surface area contributed by atoms with Gasteiger partial charge in [0, 0.05) is 17.8 Å². The summed E-state index contributed by atoms with van der Waals surface area (Å²) in [5, 5.41) is 10.2. The molecule has 0 fully saturated rings. The fraction of sp³-hybridized carbons (Fsp3) is 0.250. The van der Waals surface area contributed by atoms with Crippen molar-refractivity contribution in [3.05, 3.63) is 53.1 Å². The fourth-order valence-corrected chi connectivity index (χ4v) is 2.09. The molecule has 0 unspecified atom stereocenters. The number of anilines is 1. The molecule has 0 spiro atoms. The number of phenols is 1. The average Bonchev–Trinajstić information content (AvgIpc) is 2.46. The van der Waals surface area contributed by atoms with Crippen molar-refractivity contribution in [1.29, 1.82) is 0 Å². The van der Waals surface area contributed by atoms with Crippen molar-refractivity contribution in [1.82, 2.24) is 5.43 Å². The lowest BCUT2D eigenvalue weighted by molar-refractivity contribution is 0.367. The van der Waals surface area contributed by atoms with Crippen molar-refractivity contribution in [2.75, 3.05) is 12.5 Å². The van der Waals surface area contributed by atoms with Crippen LogP contribution in [0.1, 0.15) is 16.7 Å². The third kappa shape index (κ3) is 3.03. The van der Waals surface area contributed by atoms with Crippen molar-refractivity contribution in [2.24, 2.45) is 0 Å². The van der Waals surface area contributed by atoms with Crippen LogP contribution in [0, 0.1) is 13.8 Å². The molecule has 0 saturated heterocycles. The maximum absolute atomic E-state index is 10.2. The van der Waals surface area contributed by atoms with E-state index < -0.39 is 0 Å². The Bertz CT molecular complexity index is 583. The Labute approximate surface area is 119 Å². The summed E-state index contributed by atoms with van der Waals surface area (Å²) in [5.41, 5.74) is 10.0. The van der Waals surface area contributed by atoms with Gasteiger partial charge in [0.25, 0.3) is 0 Å². The van der Waals surface area contributed by atoms with Crippen LogP contribution in [0.5, 0.6) is 11.5 Å². The minimum Gasteiger partial charge on any atom is -0.504 e. The van der Waals surface area contributed by atoms with Crippen molar-refractivity contribution in [2.45, 2.75) is 20.4 Å². The van der Waals surface area contributed by atoms with Gasteiger partial charge < -0.3 is 15.3 Å². The molecule has 0 aliphatic heterocycles. The van der Waals surface area contributed by atoms with E-state index in [9.17, 15) is 5.11 Å². The molecule has 0 amide bonds. The average molecular weight is 272 g/mol. The molecule has 0 aliphatic rings. The highest BCUT2D eigenvalue weighted by atomic mass is 16.5. The van der Waals surface area contributed by atoms with Gasteiger partial charge in [0.2, 0.25) is 0 Å². The zero-order valence-electron chi connectivity index (χ0n) is 12.0. The highest BCUT2D eigenvalue weighted by molar-refractivity contribution is 5.54. The Morgan fingerprint density at radius 3 is 2.50 bits per heavy atom. The Hall–Kier alpha value is -2.20. The van der Waals surface area contributed by atoms with Crippen molar-refractivity contribution >= 4 is 5.69 Å². The zero-order valence-corrected chi connectivity index (χ0v) is 12.0. The second-order valence-corrected chi connectivity index (χ2v) is 4.70. The highest BCUT2D eigenvalue weighted by Gasteiger charge is 2.13. The first kappa shape index (κ1) is 14.2. The first-order valence-corrected chi connectivity index (χ1v) is 6.53. The molecule has 2 aromatic carbocycles. The van der Waals surface area contributed by atoms with Crippen LogP contribution in [0.25, 0.3) is 0 Å². The molecule has 3 N–H and O–H groups in total. The number of ether oxygens (including phenoxy) is 1. The summed E-state index contributed by atoms with van der Waals surface area (Å²) in [4.78, 5) is 0. The Kier molecular flexibility index (Phi) is 4.48. The summed E-state index contributed by atoms with van der Waals surface area (Å²) in [6.07, 6.45) is 0. The predicted octanol–water partition coefficient (Wildman–Crippen LogP) is 3.13. The number of methoxy groups -OCH3 is 1. The number of hydrazine groups is 1. The van der Waals surface area contributed by atoms with Gasteiger partial charge in [-0.3, -0.25) is 0 Å². The topological polar surface area (TPSA) is 53.5 Å². The first-order chi connectivity index (χ1) is 9.63. The summed E-state index contributed by atoms with van der Waals surface area (Å²) in [7, 11) is 1.57. The van der Waals surface area contributed by atoms with Gasteiger partial charge >= 0.3 is 0 Å². The molecule has 20 heavy (non-hydrogen) atoms. The molecule has 0 heterocycles. The van der Waals surface area contributed by atoms with E-state index in [1.807, 2.05) is 50.2 Å². The summed E-state index contributed by atoms with van der Waals surface area (Å²) >= 11 is 0. The SMILES string of the molecule is COc1c(C)c(C)cc(CNNc2ccccc2)c1O. The van der Waals surface area contributed by atoms with Crippen LogP contribution in [0.3, 0.4) is 0 Å². The molecular formula is C16H20N2O2. The molecule has 0 aliphatic carbocycles. The number of hydrogen-bond donors (Lipinski definition) is 3. The summed E-state index contributed by atoms with van der Waals surface area (Å²) in [6, 6.07) is 11.8. The zero-order chi connectivity index (χ0) is 14.5. The minimum atomic E-state index is 0.193. The van der Waals surface area contributed by atoms with E-state index in [4.69, 9.17) is 4.74 Å². The maximum atomic E-state index is 10.2. The monoisotopic (exact) mass is 272 g/mol. The molecule has 4 nitrogen and oxygen atoms in total. The summed E-state index contributed by atoms with van der Waals surface area (Å²) in [6.45, 7) is 4.44. The van der Waals surface area contributed by atoms with Crippen LogP contribution in [-0.2, 0) is 6.54 Å². The molecule has 0 aromatic heterocycles. The first-order valence-electron chi connectivity index (χ1n) is 6.53. The molecule has 4 heteroatoms.